The summed E-state index contributed by atoms with van der Waals surface area (Å²) in [5, 5.41) is 2.68. The molecular formula is C25H22ClN3O3. The Balaban J connectivity index is 1.78. The van der Waals surface area contributed by atoms with Crippen molar-refractivity contribution in [3.05, 3.63) is 87.2 Å². The molecule has 4 amide bonds. The number of hydrogen-bond acceptors (Lipinski definition) is 3. The highest BCUT2D eigenvalue weighted by atomic mass is 35.5. The van der Waals surface area contributed by atoms with Crippen molar-refractivity contribution < 1.29 is 14.4 Å². The highest BCUT2D eigenvalue weighted by molar-refractivity contribution is 6.39. The Labute approximate surface area is 191 Å². The number of anilines is 1. The van der Waals surface area contributed by atoms with Crippen molar-refractivity contribution in [1.29, 1.82) is 0 Å². The van der Waals surface area contributed by atoms with Crippen LogP contribution in [0.3, 0.4) is 0 Å². The number of aromatic nitrogens is 1. The van der Waals surface area contributed by atoms with Gasteiger partial charge in [0, 0.05) is 22.1 Å². The number of para-hydroxylation sites is 1. The van der Waals surface area contributed by atoms with Crippen LogP contribution in [-0.2, 0) is 9.59 Å². The molecular weight excluding hydrogens is 426 g/mol. The molecule has 2 aromatic carbocycles. The number of urea groups is 1. The normalized spacial score (nSPS) is 15.5. The van der Waals surface area contributed by atoms with Gasteiger partial charge in [0.05, 0.1) is 5.69 Å². The van der Waals surface area contributed by atoms with Gasteiger partial charge in [-0.1, -0.05) is 35.9 Å². The summed E-state index contributed by atoms with van der Waals surface area (Å²) in [5.41, 5.74) is 5.69. The molecule has 0 radical (unpaired) electrons. The van der Waals surface area contributed by atoms with Crippen LogP contribution in [0.25, 0.3) is 11.8 Å². The number of aryl methyl sites for hydroxylation is 3. The monoisotopic (exact) mass is 447 g/mol. The highest BCUT2D eigenvalue weighted by Crippen LogP contribution is 2.29. The predicted molar refractivity (Wildman–Crippen MR) is 125 cm³/mol. The third-order valence-electron chi connectivity index (χ3n) is 5.64. The average Bonchev–Trinajstić information content (AvgIpc) is 3.01. The molecule has 0 bridgehead atoms. The smallest absolute Gasteiger partial charge is 0.318 e. The first-order valence-corrected chi connectivity index (χ1v) is 10.5. The average molecular weight is 448 g/mol. The quantitative estimate of drug-likeness (QED) is 0.452. The second-order valence-electron chi connectivity index (χ2n) is 7.84. The Morgan fingerprint density at radius 3 is 2.31 bits per heavy atom. The zero-order valence-electron chi connectivity index (χ0n) is 18.2. The number of hydrogen-bond donors (Lipinski definition) is 1. The van der Waals surface area contributed by atoms with Crippen LogP contribution in [0.1, 0.15) is 28.1 Å². The van der Waals surface area contributed by atoms with Gasteiger partial charge in [-0.05, 0) is 74.7 Å². The lowest BCUT2D eigenvalue weighted by Gasteiger charge is -2.26. The van der Waals surface area contributed by atoms with Gasteiger partial charge in [0.25, 0.3) is 11.8 Å². The first-order valence-electron chi connectivity index (χ1n) is 10.1. The van der Waals surface area contributed by atoms with E-state index in [0.717, 1.165) is 38.7 Å². The second-order valence-corrected chi connectivity index (χ2v) is 8.25. The largest absolute Gasteiger partial charge is 0.335 e. The number of carbonyl (C=O) groups excluding carboxylic acids is 3. The summed E-state index contributed by atoms with van der Waals surface area (Å²) in [6.45, 7) is 7.75. The van der Waals surface area contributed by atoms with Crippen molar-refractivity contribution in [1.82, 2.24) is 9.88 Å². The summed E-state index contributed by atoms with van der Waals surface area (Å²) in [6.07, 6.45) is 1.53. The van der Waals surface area contributed by atoms with Crippen LogP contribution in [0.5, 0.6) is 0 Å². The number of nitrogens with zero attached hydrogens (tertiary/aromatic N) is 2. The number of benzene rings is 2. The van der Waals surface area contributed by atoms with Gasteiger partial charge in [-0.3, -0.25) is 14.9 Å². The summed E-state index contributed by atoms with van der Waals surface area (Å²) >= 11 is 6.18. The molecule has 1 saturated heterocycles. The number of rotatable bonds is 3. The Morgan fingerprint density at radius 2 is 1.62 bits per heavy atom. The molecule has 1 aliphatic heterocycles. The van der Waals surface area contributed by atoms with Gasteiger partial charge in [0.2, 0.25) is 0 Å². The number of barbiturate groups is 1. The fourth-order valence-electron chi connectivity index (χ4n) is 3.89. The molecule has 1 fully saturated rings. The highest BCUT2D eigenvalue weighted by Gasteiger charge is 2.37. The zero-order chi connectivity index (χ0) is 23.2. The van der Waals surface area contributed by atoms with E-state index in [9.17, 15) is 14.4 Å². The summed E-state index contributed by atoms with van der Waals surface area (Å²) in [6, 6.07) is 14.0. The summed E-state index contributed by atoms with van der Waals surface area (Å²) < 4.78 is 2.08. The topological polar surface area (TPSA) is 71.4 Å². The van der Waals surface area contributed by atoms with Crippen molar-refractivity contribution in [3.63, 3.8) is 0 Å². The van der Waals surface area contributed by atoms with Crippen molar-refractivity contribution in [2.24, 2.45) is 0 Å². The standard InChI is InChI=1S/C25H22ClN3O3/c1-14-9-10-19(13-21(14)26)29-24(31)20(23(30)27-25(29)32)12-18-11-16(3)28(17(18)4)22-8-6-5-7-15(22)2/h5-13H,1-4H3,(H,27,30,32). The second kappa shape index (κ2) is 8.13. The SMILES string of the molecule is Cc1ccc(N2C(=O)NC(=O)C(=Cc3cc(C)n(-c4ccccc4C)c3C)C2=O)cc1Cl. The van der Waals surface area contributed by atoms with Crippen molar-refractivity contribution in [3.8, 4) is 5.69 Å². The molecule has 162 valence electrons. The number of imide groups is 2. The van der Waals surface area contributed by atoms with E-state index in [0.29, 0.717) is 10.7 Å². The number of amides is 4. The van der Waals surface area contributed by atoms with Crippen LogP contribution in [-0.4, -0.2) is 22.4 Å². The first-order chi connectivity index (χ1) is 15.2. The van der Waals surface area contributed by atoms with Gasteiger partial charge in [0.1, 0.15) is 5.57 Å². The molecule has 2 heterocycles. The van der Waals surface area contributed by atoms with E-state index in [2.05, 4.69) is 9.88 Å². The van der Waals surface area contributed by atoms with E-state index in [1.165, 1.54) is 12.1 Å². The fourth-order valence-corrected chi connectivity index (χ4v) is 4.06. The van der Waals surface area contributed by atoms with E-state index in [1.54, 1.807) is 12.1 Å². The molecule has 3 aromatic rings. The van der Waals surface area contributed by atoms with Gasteiger partial charge in [-0.25, -0.2) is 9.69 Å². The molecule has 7 heteroatoms. The van der Waals surface area contributed by atoms with Gasteiger partial charge in [-0.15, -0.1) is 0 Å². The Kier molecular flexibility index (Phi) is 5.48. The van der Waals surface area contributed by atoms with Gasteiger partial charge >= 0.3 is 6.03 Å². The third-order valence-corrected chi connectivity index (χ3v) is 6.05. The Morgan fingerprint density at radius 1 is 0.906 bits per heavy atom. The predicted octanol–water partition coefficient (Wildman–Crippen LogP) is 5.03. The molecule has 0 unspecified atom stereocenters. The lowest BCUT2D eigenvalue weighted by molar-refractivity contribution is -0.122. The van der Waals surface area contributed by atoms with Crippen LogP contribution >= 0.6 is 11.6 Å². The van der Waals surface area contributed by atoms with Crippen molar-refractivity contribution in [2.75, 3.05) is 4.90 Å². The van der Waals surface area contributed by atoms with Crippen LogP contribution < -0.4 is 10.2 Å². The Hall–Kier alpha value is -3.64. The maximum Gasteiger partial charge on any atom is 0.335 e. The maximum atomic E-state index is 13.2. The van der Waals surface area contributed by atoms with E-state index in [1.807, 2.05) is 58.0 Å². The molecule has 1 aromatic heterocycles. The zero-order valence-corrected chi connectivity index (χ0v) is 18.9. The summed E-state index contributed by atoms with van der Waals surface area (Å²) in [7, 11) is 0. The van der Waals surface area contributed by atoms with Crippen LogP contribution in [0, 0.1) is 27.7 Å². The number of carbonyl (C=O) groups is 3. The minimum Gasteiger partial charge on any atom is -0.318 e. The van der Waals surface area contributed by atoms with Crippen LogP contribution in [0.15, 0.2) is 54.1 Å². The lowest BCUT2D eigenvalue weighted by atomic mass is 10.1. The van der Waals surface area contributed by atoms with E-state index >= 15 is 0 Å². The summed E-state index contributed by atoms with van der Waals surface area (Å²) in [5.74, 6) is -1.42. The molecule has 0 saturated carbocycles. The molecule has 32 heavy (non-hydrogen) atoms. The van der Waals surface area contributed by atoms with Crippen LogP contribution in [0.2, 0.25) is 5.02 Å². The van der Waals surface area contributed by atoms with Crippen molar-refractivity contribution >= 4 is 41.2 Å². The minimum absolute atomic E-state index is 0.119. The van der Waals surface area contributed by atoms with Gasteiger partial charge in [0.15, 0.2) is 0 Å². The van der Waals surface area contributed by atoms with E-state index in [-0.39, 0.29) is 5.57 Å². The third kappa shape index (κ3) is 3.63. The van der Waals surface area contributed by atoms with Crippen LogP contribution in [0.4, 0.5) is 10.5 Å². The van der Waals surface area contributed by atoms with Gasteiger partial charge in [-0.2, -0.15) is 0 Å². The fraction of sp³-hybridized carbons (Fsp3) is 0.160. The first kappa shape index (κ1) is 21.6. The molecule has 1 N–H and O–H groups in total. The number of halogens is 1. The number of nitrogens with one attached hydrogen (secondary N) is 1. The summed E-state index contributed by atoms with van der Waals surface area (Å²) in [4.78, 5) is 39.2. The molecule has 6 nitrogen and oxygen atoms in total. The molecule has 1 aliphatic rings. The Bertz CT molecular complexity index is 1320. The molecule has 4 rings (SSSR count). The molecule has 0 aliphatic carbocycles. The maximum absolute atomic E-state index is 13.2. The van der Waals surface area contributed by atoms with E-state index in [4.69, 9.17) is 11.6 Å². The minimum atomic E-state index is -0.803. The lowest BCUT2D eigenvalue weighted by Crippen LogP contribution is -2.54. The molecule has 0 atom stereocenters. The van der Waals surface area contributed by atoms with Gasteiger partial charge < -0.3 is 4.57 Å². The van der Waals surface area contributed by atoms with Crippen molar-refractivity contribution in [2.45, 2.75) is 27.7 Å². The molecule has 0 spiro atoms. The van der Waals surface area contributed by atoms with E-state index < -0.39 is 17.8 Å².